The third-order valence-corrected chi connectivity index (χ3v) is 22.5. The van der Waals surface area contributed by atoms with Crippen molar-refractivity contribution >= 4 is 26.4 Å². The molecule has 9 rings (SSSR count). The van der Waals surface area contributed by atoms with Crippen molar-refractivity contribution in [2.24, 2.45) is 35.5 Å². The van der Waals surface area contributed by atoms with Crippen LogP contribution in [0.25, 0.3) is 0 Å². The van der Waals surface area contributed by atoms with Crippen LogP contribution in [-0.2, 0) is 66.8 Å². The number of nitrogens with zero attached hydrogens (tertiary/aromatic N) is 2. The minimum atomic E-state index is -1.34. The van der Waals surface area contributed by atoms with E-state index in [1.807, 2.05) is 126 Å². The maximum atomic E-state index is 14.1. The van der Waals surface area contributed by atoms with Crippen molar-refractivity contribution in [2.75, 3.05) is 67.1 Å². The molecular formula is C84H109N2O18P. The van der Waals surface area contributed by atoms with Gasteiger partial charge in [0, 0.05) is 67.4 Å². The van der Waals surface area contributed by atoms with Crippen LogP contribution in [0.5, 0.6) is 11.5 Å². The second-order valence-electron chi connectivity index (χ2n) is 28.1. The van der Waals surface area contributed by atoms with Crippen molar-refractivity contribution < 1.29 is 85.0 Å². The molecule has 105 heavy (non-hydrogen) atoms. The van der Waals surface area contributed by atoms with Gasteiger partial charge in [-0.3, -0.25) is 0 Å². The molecule has 6 aromatic rings. The first-order valence-corrected chi connectivity index (χ1v) is 38.4. The number of methoxy groups -OCH3 is 2. The summed E-state index contributed by atoms with van der Waals surface area (Å²) in [6, 6.07) is 55.2. The van der Waals surface area contributed by atoms with Crippen LogP contribution in [0.15, 0.2) is 170 Å². The molecule has 0 N–H and O–H groups in total. The van der Waals surface area contributed by atoms with Gasteiger partial charge in [0.05, 0.1) is 76.4 Å². The van der Waals surface area contributed by atoms with Crippen LogP contribution in [0.2, 0.25) is 0 Å². The molecule has 21 heteroatoms. The minimum absolute atomic E-state index is 0.0477. The van der Waals surface area contributed by atoms with Gasteiger partial charge in [-0.25, -0.2) is 19.1 Å². The third-order valence-electron chi connectivity index (χ3n) is 20.4. The van der Waals surface area contributed by atoms with Crippen molar-refractivity contribution in [3.63, 3.8) is 0 Å². The third kappa shape index (κ3) is 22.0. The van der Waals surface area contributed by atoms with E-state index in [0.717, 1.165) is 47.5 Å². The number of carbonyl (C=O) groups is 3. The Hall–Kier alpha value is -7.19. The molecule has 6 aromatic carbocycles. The summed E-state index contributed by atoms with van der Waals surface area (Å²) in [5.41, 5.74) is 3.03. The molecule has 0 aliphatic carbocycles. The summed E-state index contributed by atoms with van der Waals surface area (Å²) in [6.45, 7) is 22.4. The van der Waals surface area contributed by atoms with Crippen LogP contribution in [-0.4, -0.2) is 157 Å². The van der Waals surface area contributed by atoms with E-state index in [4.69, 9.17) is 70.6 Å². The van der Waals surface area contributed by atoms with Gasteiger partial charge in [0.15, 0.2) is 18.9 Å². The van der Waals surface area contributed by atoms with E-state index in [1.165, 1.54) is 0 Å². The van der Waals surface area contributed by atoms with Crippen molar-refractivity contribution in [3.8, 4) is 17.6 Å². The van der Waals surface area contributed by atoms with Crippen LogP contribution in [0.4, 0.5) is 0 Å². The van der Waals surface area contributed by atoms with Crippen LogP contribution >= 0.6 is 8.53 Å². The quantitative estimate of drug-likeness (QED) is 0.0115. The number of rotatable bonds is 39. The van der Waals surface area contributed by atoms with Gasteiger partial charge in [-0.1, -0.05) is 151 Å². The Morgan fingerprint density at radius 2 is 0.800 bits per heavy atom. The number of unbranched alkanes of at least 4 members (excludes halogenated alkanes) is 3. The molecule has 568 valence electrons. The standard InChI is InChI=1S/C84H109N2O18P/c1-56(2)86(57(3)4)105(98-52-30-47-85)97-51-27-17-26-49-93-81-61(8)58(5)76(103-79(88)65-33-20-14-21-34-65)73(100-81)54-95-83-63(10)60(7)77(104-80(89)66-35-22-15-23-36-66)74(101-83)55-94-82-62(9)59(6)75(102-78(87)64-31-18-13-19-32-64)72(99-82)53-92-48-28-29-50-96-84(67-37-24-16-25-38-67,68-39-43-70(90-11)44-40-68)69-41-45-71(91-12)46-42-69/h13-16,18-25,31-46,56-63,72-77,81-83H,17,26-30,48-55H2,1-12H3. The number of hydrogen-bond donors (Lipinski definition) is 0. The number of carbonyl (C=O) groups excluding carboxylic acids is 3. The Balaban J connectivity index is 0.883. The van der Waals surface area contributed by atoms with Crippen molar-refractivity contribution in [2.45, 2.75) is 181 Å². The number of hydrogen-bond acceptors (Lipinski definition) is 20. The fraction of sp³-hybridized carbons (Fsp3) is 0.524. The molecule has 3 heterocycles. The topological polar surface area (TPSA) is 217 Å². The van der Waals surface area contributed by atoms with E-state index in [9.17, 15) is 19.6 Å². The fourth-order valence-electron chi connectivity index (χ4n) is 13.8. The molecule has 3 saturated heterocycles. The van der Waals surface area contributed by atoms with Gasteiger partial charge in [-0.15, -0.1) is 0 Å². The Bertz CT molecular complexity index is 3520. The molecule has 0 radical (unpaired) electrons. The summed E-state index contributed by atoms with van der Waals surface area (Å²) < 4.78 is 99.6. The van der Waals surface area contributed by atoms with Crippen molar-refractivity contribution in [1.82, 2.24) is 4.67 Å². The highest BCUT2D eigenvalue weighted by molar-refractivity contribution is 7.44. The molecule has 0 bridgehead atoms. The van der Waals surface area contributed by atoms with Gasteiger partial charge in [-0.05, 0) is 137 Å². The SMILES string of the molecule is COc1ccc(C(OCCCCOCC2OC(OCC3OC(OCC4OC(OCCCCCOP(OCCC#N)N(C(C)C)C(C)C)C(C)C(C)C4OC(=O)c4ccccc4)C(C)C(C)C3OC(=O)c3ccccc3)C(C)C(C)C2OC(=O)c2ccccc2)(c2ccccc2)c2ccc(OC)cc2)cc1. The lowest BCUT2D eigenvalue weighted by atomic mass is 9.80. The second-order valence-corrected chi connectivity index (χ2v) is 29.6. The maximum Gasteiger partial charge on any atom is 0.338 e. The Morgan fingerprint density at radius 1 is 0.438 bits per heavy atom. The summed E-state index contributed by atoms with van der Waals surface area (Å²) in [7, 11) is 1.96. The van der Waals surface area contributed by atoms with E-state index in [0.29, 0.717) is 69.0 Å². The number of benzene rings is 6. The monoisotopic (exact) mass is 1460 g/mol. The molecule has 3 fully saturated rings. The second kappa shape index (κ2) is 41.2. The minimum Gasteiger partial charge on any atom is -0.497 e. The predicted octanol–water partition coefficient (Wildman–Crippen LogP) is 16.0. The highest BCUT2D eigenvalue weighted by Gasteiger charge is 2.50. The van der Waals surface area contributed by atoms with Crippen molar-refractivity contribution in [3.05, 3.63) is 203 Å². The van der Waals surface area contributed by atoms with Crippen LogP contribution < -0.4 is 9.47 Å². The lowest BCUT2D eigenvalue weighted by Crippen LogP contribution is -2.57. The number of ether oxygens (including phenoxy) is 13. The fourth-order valence-corrected chi connectivity index (χ4v) is 15.4. The lowest BCUT2D eigenvalue weighted by Gasteiger charge is -2.47. The van der Waals surface area contributed by atoms with Gasteiger partial charge in [0.2, 0.25) is 0 Å². The Kier molecular flexibility index (Phi) is 32.2. The maximum absolute atomic E-state index is 14.1. The van der Waals surface area contributed by atoms with E-state index < -0.39 is 87.5 Å². The van der Waals surface area contributed by atoms with Gasteiger partial charge in [-0.2, -0.15) is 5.26 Å². The summed E-state index contributed by atoms with van der Waals surface area (Å²) in [5.74, 6) is -1.75. The molecule has 16 atom stereocenters. The zero-order chi connectivity index (χ0) is 74.8. The summed E-state index contributed by atoms with van der Waals surface area (Å²) in [4.78, 5) is 41.9. The molecule has 0 aromatic heterocycles. The summed E-state index contributed by atoms with van der Waals surface area (Å²) in [5, 5.41) is 9.17. The molecule has 20 nitrogen and oxygen atoms in total. The Morgan fingerprint density at radius 3 is 1.21 bits per heavy atom. The molecule has 0 saturated carbocycles. The van der Waals surface area contributed by atoms with Gasteiger partial charge in [0.25, 0.3) is 8.53 Å². The van der Waals surface area contributed by atoms with Crippen LogP contribution in [0.1, 0.15) is 156 Å². The zero-order valence-electron chi connectivity index (χ0n) is 63.1. The first kappa shape index (κ1) is 81.9. The van der Waals surface area contributed by atoms with Crippen molar-refractivity contribution in [1.29, 1.82) is 5.26 Å². The normalized spacial score (nSPS) is 25.1. The molecule has 16 unspecified atom stereocenters. The highest BCUT2D eigenvalue weighted by atomic mass is 31.2. The summed E-state index contributed by atoms with van der Waals surface area (Å²) >= 11 is 0. The molecular weight excluding hydrogens is 1360 g/mol. The van der Waals surface area contributed by atoms with Gasteiger partial charge >= 0.3 is 17.9 Å². The number of esters is 3. The van der Waals surface area contributed by atoms with Crippen LogP contribution in [0.3, 0.4) is 0 Å². The first-order chi connectivity index (χ1) is 50.9. The average Bonchev–Trinajstić information content (AvgIpc) is 0.756. The molecule has 0 spiro atoms. The molecule has 0 amide bonds. The first-order valence-electron chi connectivity index (χ1n) is 37.2. The number of nitriles is 1. The predicted molar refractivity (Wildman–Crippen MR) is 399 cm³/mol. The lowest BCUT2D eigenvalue weighted by molar-refractivity contribution is -0.317. The van der Waals surface area contributed by atoms with Gasteiger partial charge < -0.3 is 70.6 Å². The highest BCUT2D eigenvalue weighted by Crippen LogP contribution is 2.47. The summed E-state index contributed by atoms with van der Waals surface area (Å²) in [6.07, 6.45) is -3.21. The van der Waals surface area contributed by atoms with Crippen LogP contribution in [0, 0.1) is 46.8 Å². The average molecular weight is 1470 g/mol. The largest absolute Gasteiger partial charge is 0.497 e. The van der Waals surface area contributed by atoms with Gasteiger partial charge in [0.1, 0.15) is 53.7 Å². The van der Waals surface area contributed by atoms with E-state index >= 15 is 0 Å². The van der Waals surface area contributed by atoms with E-state index in [2.05, 4.69) is 50.6 Å². The molecule has 3 aliphatic heterocycles. The van der Waals surface area contributed by atoms with E-state index in [1.54, 1.807) is 87.0 Å². The Labute approximate surface area is 622 Å². The molecule has 3 aliphatic rings. The van der Waals surface area contributed by atoms with E-state index in [-0.39, 0.29) is 67.4 Å². The zero-order valence-corrected chi connectivity index (χ0v) is 64.0. The smallest absolute Gasteiger partial charge is 0.338 e.